The fraction of sp³-hybridized carbons (Fsp3) is 0.341. The van der Waals surface area contributed by atoms with E-state index in [4.69, 9.17) is 15.5 Å². The maximum absolute atomic E-state index is 14.2. The third kappa shape index (κ3) is 7.19. The van der Waals surface area contributed by atoms with Crippen molar-refractivity contribution in [3.8, 4) is 33.6 Å². The summed E-state index contributed by atoms with van der Waals surface area (Å²) in [6.45, 7) is 2.83. The minimum Gasteiger partial charge on any atom is -0.440 e. The molecule has 0 spiro atoms. The Bertz CT molecular complexity index is 2050. The van der Waals surface area contributed by atoms with E-state index < -0.39 is 6.09 Å². The zero-order chi connectivity index (χ0) is 36.3. The summed E-state index contributed by atoms with van der Waals surface area (Å²) in [5.74, 6) is 1.43. The Hall–Kier alpha value is -5.75. The minimum absolute atomic E-state index is 0.0729. The number of amides is 3. The van der Waals surface area contributed by atoms with Crippen molar-refractivity contribution in [3.05, 3.63) is 108 Å². The number of nitrogens with two attached hydrogens (primary N) is 1. The number of hydrogen-bond donors (Lipinski definition) is 3. The molecule has 3 saturated heterocycles. The Morgan fingerprint density at radius 2 is 1.19 bits per heavy atom. The summed E-state index contributed by atoms with van der Waals surface area (Å²) in [6.07, 6.45) is 8.42. The van der Waals surface area contributed by atoms with Gasteiger partial charge in [-0.15, -0.1) is 0 Å². The Labute approximate surface area is 308 Å². The molecule has 53 heavy (non-hydrogen) atoms. The van der Waals surface area contributed by atoms with Crippen LogP contribution < -0.4 is 5.73 Å². The lowest BCUT2D eigenvalue weighted by atomic mass is 10.0. The highest BCUT2D eigenvalue weighted by molar-refractivity contribution is 5.84. The van der Waals surface area contributed by atoms with Crippen molar-refractivity contribution in [3.63, 3.8) is 0 Å². The molecule has 0 radical (unpaired) electrons. The van der Waals surface area contributed by atoms with Crippen LogP contribution in [0, 0.1) is 0 Å². The number of ether oxygens (including phenoxy) is 1. The number of carbonyl (C=O) groups excluding carboxylic acids is 3. The molecule has 2 aromatic heterocycles. The van der Waals surface area contributed by atoms with Crippen LogP contribution in [0.1, 0.15) is 73.9 Å². The van der Waals surface area contributed by atoms with Crippen molar-refractivity contribution in [2.75, 3.05) is 32.8 Å². The minimum atomic E-state index is -0.966. The van der Waals surface area contributed by atoms with Crippen LogP contribution in [-0.2, 0) is 14.3 Å². The number of imidazole rings is 2. The second-order valence-electron chi connectivity index (χ2n) is 14.1. The van der Waals surface area contributed by atoms with Gasteiger partial charge in [0, 0.05) is 13.1 Å². The quantitative estimate of drug-likeness (QED) is 0.152. The predicted octanol–water partition coefficient (Wildman–Crippen LogP) is 6.39. The molecule has 3 aliphatic heterocycles. The smallest absolute Gasteiger partial charge is 0.405 e. The van der Waals surface area contributed by atoms with Crippen molar-refractivity contribution in [2.45, 2.75) is 56.7 Å². The van der Waals surface area contributed by atoms with Crippen LogP contribution in [-0.4, -0.2) is 85.3 Å². The number of nitrogens with zero attached hydrogens (tertiary/aromatic N) is 5. The number of primary amides is 1. The van der Waals surface area contributed by atoms with Gasteiger partial charge in [-0.05, 0) is 79.4 Å². The van der Waals surface area contributed by atoms with Gasteiger partial charge >= 0.3 is 6.09 Å². The molecule has 12 heteroatoms. The van der Waals surface area contributed by atoms with Gasteiger partial charge in [0.25, 0.3) is 5.91 Å². The summed E-state index contributed by atoms with van der Waals surface area (Å²) in [7, 11) is 0. The molecule has 3 aliphatic rings. The molecule has 4 N–H and O–H groups in total. The molecule has 8 rings (SSSR count). The standard InChI is InChI=1S/C41H44N8O4/c42-41(52)53-26-36(50)48-22-6-10-34(48)38-43-24-32(45-38)29-16-12-27(13-17-29)28-14-18-30(19-15-28)33-25-44-39(46-33)35-11-7-23-49(35)40(51)37(47-20-4-5-21-47)31-8-2-1-3-9-31/h1-3,8-9,12-19,24-25,34-35,37H,4-7,10-11,20-23,26H2,(H2,42,52)(H,43,45)(H,44,46)/t34-,35-,37+/m0/s1. The summed E-state index contributed by atoms with van der Waals surface area (Å²) in [6, 6.07) is 26.4. The van der Waals surface area contributed by atoms with Gasteiger partial charge in [-0.1, -0.05) is 78.9 Å². The molecule has 5 heterocycles. The molecular formula is C41H44N8O4. The zero-order valence-corrected chi connectivity index (χ0v) is 29.6. The molecule has 272 valence electrons. The fourth-order valence-electron chi connectivity index (χ4n) is 8.17. The molecule has 12 nitrogen and oxygen atoms in total. The normalized spacial score (nSPS) is 19.5. The Morgan fingerprint density at radius 3 is 1.74 bits per heavy atom. The van der Waals surface area contributed by atoms with E-state index in [0.717, 1.165) is 103 Å². The van der Waals surface area contributed by atoms with Crippen LogP contribution in [0.2, 0.25) is 0 Å². The van der Waals surface area contributed by atoms with Gasteiger partial charge in [0.1, 0.15) is 17.7 Å². The monoisotopic (exact) mass is 712 g/mol. The Balaban J connectivity index is 0.928. The van der Waals surface area contributed by atoms with Crippen molar-refractivity contribution in [1.82, 2.24) is 34.6 Å². The molecule has 5 aromatic rings. The van der Waals surface area contributed by atoms with E-state index in [1.165, 1.54) is 0 Å². The van der Waals surface area contributed by atoms with Gasteiger partial charge < -0.3 is 30.2 Å². The highest BCUT2D eigenvalue weighted by Gasteiger charge is 2.39. The van der Waals surface area contributed by atoms with E-state index >= 15 is 0 Å². The number of aromatic amines is 2. The van der Waals surface area contributed by atoms with Gasteiger partial charge in [-0.2, -0.15) is 0 Å². The van der Waals surface area contributed by atoms with Crippen LogP contribution in [0.4, 0.5) is 4.79 Å². The van der Waals surface area contributed by atoms with Gasteiger partial charge in [-0.25, -0.2) is 14.8 Å². The first kappa shape index (κ1) is 34.3. The predicted molar refractivity (Wildman–Crippen MR) is 200 cm³/mol. The largest absolute Gasteiger partial charge is 0.440 e. The number of nitrogens with one attached hydrogen (secondary N) is 2. The first-order valence-electron chi connectivity index (χ1n) is 18.5. The molecule has 0 unspecified atom stereocenters. The first-order valence-corrected chi connectivity index (χ1v) is 18.5. The van der Waals surface area contributed by atoms with E-state index in [1.54, 1.807) is 11.1 Å². The van der Waals surface area contributed by atoms with E-state index in [9.17, 15) is 14.4 Å². The Morgan fingerprint density at radius 1 is 0.679 bits per heavy atom. The van der Waals surface area contributed by atoms with E-state index in [0.29, 0.717) is 12.4 Å². The number of aromatic nitrogens is 4. The third-order valence-corrected chi connectivity index (χ3v) is 10.8. The van der Waals surface area contributed by atoms with Gasteiger partial charge in [0.2, 0.25) is 5.91 Å². The van der Waals surface area contributed by atoms with Crippen molar-refractivity contribution in [1.29, 1.82) is 0 Å². The maximum atomic E-state index is 14.2. The average molecular weight is 713 g/mol. The average Bonchev–Trinajstić information content (AvgIpc) is 4.04. The molecule has 0 bridgehead atoms. The number of hydrogen-bond acceptors (Lipinski definition) is 7. The number of carbonyl (C=O) groups is 3. The molecule has 0 saturated carbocycles. The van der Waals surface area contributed by atoms with Crippen molar-refractivity contribution < 1.29 is 19.1 Å². The van der Waals surface area contributed by atoms with E-state index in [2.05, 4.69) is 80.5 Å². The van der Waals surface area contributed by atoms with Crippen molar-refractivity contribution >= 4 is 17.9 Å². The van der Waals surface area contributed by atoms with Crippen LogP contribution in [0.3, 0.4) is 0 Å². The number of H-pyrrole nitrogens is 2. The van der Waals surface area contributed by atoms with Gasteiger partial charge in [0.05, 0.1) is 35.9 Å². The summed E-state index contributed by atoms with van der Waals surface area (Å²) in [5.41, 5.74) is 12.1. The molecular weight excluding hydrogens is 669 g/mol. The van der Waals surface area contributed by atoms with Crippen molar-refractivity contribution in [2.24, 2.45) is 5.73 Å². The number of likely N-dealkylation sites (tertiary alicyclic amines) is 3. The van der Waals surface area contributed by atoms with Crippen LogP contribution in [0.25, 0.3) is 33.6 Å². The van der Waals surface area contributed by atoms with E-state index in [1.807, 2.05) is 29.3 Å². The topological polar surface area (TPSA) is 154 Å². The molecule has 3 amide bonds. The second kappa shape index (κ2) is 15.1. The molecule has 3 fully saturated rings. The van der Waals surface area contributed by atoms with Crippen LogP contribution in [0.5, 0.6) is 0 Å². The second-order valence-corrected chi connectivity index (χ2v) is 14.1. The summed E-state index contributed by atoms with van der Waals surface area (Å²) in [5, 5.41) is 0. The first-order chi connectivity index (χ1) is 25.9. The SMILES string of the molecule is NC(=O)OCC(=O)N1CCC[C@H]1c1ncc(-c2ccc(-c3ccc(-c4cnc([C@@H]5CCCN5C(=O)[C@@H](c5ccccc5)N5CCCC5)[nH]4)cc3)cc2)[nH]1. The third-order valence-electron chi connectivity index (χ3n) is 10.8. The molecule has 3 aromatic carbocycles. The van der Waals surface area contributed by atoms with Gasteiger partial charge in [-0.3, -0.25) is 14.5 Å². The Kier molecular flexibility index (Phi) is 9.77. The van der Waals surface area contributed by atoms with Crippen LogP contribution >= 0.6 is 0 Å². The molecule has 0 aliphatic carbocycles. The summed E-state index contributed by atoms with van der Waals surface area (Å²) >= 11 is 0. The number of benzene rings is 3. The maximum Gasteiger partial charge on any atom is 0.405 e. The number of rotatable bonds is 10. The van der Waals surface area contributed by atoms with Crippen LogP contribution in [0.15, 0.2) is 91.3 Å². The molecule has 3 atom stereocenters. The lowest BCUT2D eigenvalue weighted by Crippen LogP contribution is -2.42. The highest BCUT2D eigenvalue weighted by atomic mass is 16.5. The van der Waals surface area contributed by atoms with E-state index in [-0.39, 0.29) is 36.5 Å². The lowest BCUT2D eigenvalue weighted by molar-refractivity contribution is -0.138. The summed E-state index contributed by atoms with van der Waals surface area (Å²) in [4.78, 5) is 60.2. The lowest BCUT2D eigenvalue weighted by Gasteiger charge is -2.33. The van der Waals surface area contributed by atoms with Gasteiger partial charge in [0.15, 0.2) is 6.61 Å². The zero-order valence-electron chi connectivity index (χ0n) is 29.6. The fourth-order valence-corrected chi connectivity index (χ4v) is 8.17. The summed E-state index contributed by atoms with van der Waals surface area (Å²) < 4.78 is 4.71. The highest BCUT2D eigenvalue weighted by Crippen LogP contribution is 2.37.